The molecule has 0 heterocycles. The number of hydrogen-bond acceptors (Lipinski definition) is 2. The summed E-state index contributed by atoms with van der Waals surface area (Å²) in [5.41, 5.74) is -0.558. The highest BCUT2D eigenvalue weighted by atomic mass is 16.4. The number of ketones is 1. The minimum atomic E-state index is -1.05. The molecule has 1 unspecified atom stereocenters. The number of carbonyl (C=O) groups excluding carboxylic acids is 1. The first-order valence-corrected chi connectivity index (χ1v) is 3.54. The standard InChI is InChI=1S/C8H14O3/c1-5(7(10)11)6(9)8(2,3)4/h5H,1-4H3,(H,10,11). The van der Waals surface area contributed by atoms with Crippen molar-refractivity contribution in [2.75, 3.05) is 0 Å². The molecular weight excluding hydrogens is 144 g/mol. The van der Waals surface area contributed by atoms with E-state index in [2.05, 4.69) is 0 Å². The molecule has 64 valence electrons. The van der Waals surface area contributed by atoms with Gasteiger partial charge in [-0.2, -0.15) is 0 Å². The normalized spacial score (nSPS) is 14.2. The zero-order valence-corrected chi connectivity index (χ0v) is 7.34. The number of rotatable bonds is 2. The van der Waals surface area contributed by atoms with Crippen molar-refractivity contribution in [2.24, 2.45) is 11.3 Å². The van der Waals surface area contributed by atoms with Gasteiger partial charge in [-0.15, -0.1) is 0 Å². The Balaban J connectivity index is 4.39. The van der Waals surface area contributed by atoms with Crippen molar-refractivity contribution in [1.29, 1.82) is 0 Å². The van der Waals surface area contributed by atoms with E-state index in [4.69, 9.17) is 5.11 Å². The molecule has 0 spiro atoms. The Morgan fingerprint density at radius 1 is 1.27 bits per heavy atom. The fourth-order valence-corrected chi connectivity index (χ4v) is 0.762. The van der Waals surface area contributed by atoms with E-state index in [0.29, 0.717) is 0 Å². The summed E-state index contributed by atoms with van der Waals surface area (Å²) in [6, 6.07) is 0. The molecule has 0 aromatic heterocycles. The van der Waals surface area contributed by atoms with Gasteiger partial charge in [0.2, 0.25) is 0 Å². The molecule has 0 bridgehead atoms. The number of carbonyl (C=O) groups is 2. The Bertz CT molecular complexity index is 176. The first kappa shape index (κ1) is 10.1. The number of Topliss-reactive ketones (excluding diaryl/α,β-unsaturated/α-hetero) is 1. The fourth-order valence-electron chi connectivity index (χ4n) is 0.762. The van der Waals surface area contributed by atoms with E-state index in [1.54, 1.807) is 20.8 Å². The van der Waals surface area contributed by atoms with Gasteiger partial charge in [0.1, 0.15) is 5.92 Å². The first-order valence-electron chi connectivity index (χ1n) is 3.54. The smallest absolute Gasteiger partial charge is 0.313 e. The van der Waals surface area contributed by atoms with E-state index in [9.17, 15) is 9.59 Å². The summed E-state index contributed by atoms with van der Waals surface area (Å²) >= 11 is 0. The van der Waals surface area contributed by atoms with Crippen LogP contribution in [0.2, 0.25) is 0 Å². The maximum absolute atomic E-state index is 11.2. The molecule has 0 fully saturated rings. The van der Waals surface area contributed by atoms with Crippen molar-refractivity contribution < 1.29 is 14.7 Å². The maximum Gasteiger partial charge on any atom is 0.313 e. The van der Waals surface area contributed by atoms with Crippen LogP contribution in [-0.2, 0) is 9.59 Å². The second-order valence-corrected chi connectivity index (χ2v) is 3.67. The number of carboxylic acids is 1. The van der Waals surface area contributed by atoms with Crippen molar-refractivity contribution in [3.63, 3.8) is 0 Å². The van der Waals surface area contributed by atoms with Crippen molar-refractivity contribution in [1.82, 2.24) is 0 Å². The van der Waals surface area contributed by atoms with Crippen molar-refractivity contribution in [2.45, 2.75) is 27.7 Å². The summed E-state index contributed by atoms with van der Waals surface area (Å²) in [6.45, 7) is 6.56. The van der Waals surface area contributed by atoms with Crippen molar-refractivity contribution >= 4 is 11.8 Å². The quantitative estimate of drug-likeness (QED) is 0.616. The molecular formula is C8H14O3. The number of carboxylic acid groups (broad SMARTS) is 1. The van der Waals surface area contributed by atoms with E-state index in [1.165, 1.54) is 6.92 Å². The molecule has 0 aliphatic heterocycles. The molecule has 0 aromatic carbocycles. The first-order chi connectivity index (χ1) is 4.76. The van der Waals surface area contributed by atoms with Gasteiger partial charge in [-0.05, 0) is 6.92 Å². The summed E-state index contributed by atoms with van der Waals surface area (Å²) in [5.74, 6) is -2.18. The van der Waals surface area contributed by atoms with Gasteiger partial charge < -0.3 is 5.11 Å². The van der Waals surface area contributed by atoms with Gasteiger partial charge in [-0.3, -0.25) is 9.59 Å². The molecule has 1 atom stereocenters. The Morgan fingerprint density at radius 3 is 1.73 bits per heavy atom. The summed E-state index contributed by atoms with van der Waals surface area (Å²) in [4.78, 5) is 21.6. The highest BCUT2D eigenvalue weighted by Crippen LogP contribution is 2.19. The molecule has 0 radical (unpaired) electrons. The van der Waals surface area contributed by atoms with Crippen LogP contribution < -0.4 is 0 Å². The molecule has 0 rings (SSSR count). The third-order valence-corrected chi connectivity index (χ3v) is 1.50. The van der Waals surface area contributed by atoms with Crippen LogP contribution in [0.25, 0.3) is 0 Å². The van der Waals surface area contributed by atoms with Gasteiger partial charge in [-0.25, -0.2) is 0 Å². The topological polar surface area (TPSA) is 54.4 Å². The van der Waals surface area contributed by atoms with Crippen LogP contribution in [0.5, 0.6) is 0 Å². The molecule has 0 amide bonds. The Hall–Kier alpha value is -0.860. The predicted molar refractivity (Wildman–Crippen MR) is 41.3 cm³/mol. The summed E-state index contributed by atoms with van der Waals surface area (Å²) in [5, 5.41) is 8.49. The van der Waals surface area contributed by atoms with E-state index in [-0.39, 0.29) is 5.78 Å². The van der Waals surface area contributed by atoms with Crippen LogP contribution in [0.3, 0.4) is 0 Å². The molecule has 0 aromatic rings. The minimum absolute atomic E-state index is 0.231. The minimum Gasteiger partial charge on any atom is -0.481 e. The molecule has 0 aliphatic carbocycles. The molecule has 1 N–H and O–H groups in total. The average Bonchev–Trinajstić information content (AvgIpc) is 1.82. The van der Waals surface area contributed by atoms with Crippen LogP contribution in [0, 0.1) is 11.3 Å². The fraction of sp³-hybridized carbons (Fsp3) is 0.750. The van der Waals surface area contributed by atoms with Crippen LogP contribution in [0.4, 0.5) is 0 Å². The van der Waals surface area contributed by atoms with Crippen LogP contribution in [0.15, 0.2) is 0 Å². The average molecular weight is 158 g/mol. The lowest BCUT2D eigenvalue weighted by atomic mass is 9.84. The van der Waals surface area contributed by atoms with Gasteiger partial charge in [0.15, 0.2) is 5.78 Å². The second kappa shape index (κ2) is 3.03. The van der Waals surface area contributed by atoms with Gasteiger partial charge in [0, 0.05) is 5.41 Å². The van der Waals surface area contributed by atoms with E-state index in [1.807, 2.05) is 0 Å². The second-order valence-electron chi connectivity index (χ2n) is 3.67. The van der Waals surface area contributed by atoms with E-state index < -0.39 is 17.3 Å². The molecule has 0 saturated carbocycles. The van der Waals surface area contributed by atoms with Crippen molar-refractivity contribution in [3.8, 4) is 0 Å². The SMILES string of the molecule is CC(C(=O)O)C(=O)C(C)(C)C. The van der Waals surface area contributed by atoms with E-state index >= 15 is 0 Å². The monoisotopic (exact) mass is 158 g/mol. The zero-order valence-electron chi connectivity index (χ0n) is 7.34. The Morgan fingerprint density at radius 2 is 1.64 bits per heavy atom. The lowest BCUT2D eigenvalue weighted by Gasteiger charge is -2.18. The molecule has 0 saturated heterocycles. The van der Waals surface area contributed by atoms with Gasteiger partial charge >= 0.3 is 5.97 Å². The maximum atomic E-state index is 11.2. The van der Waals surface area contributed by atoms with Crippen LogP contribution in [0.1, 0.15) is 27.7 Å². The zero-order chi connectivity index (χ0) is 9.23. The lowest BCUT2D eigenvalue weighted by Crippen LogP contribution is -2.31. The summed E-state index contributed by atoms with van der Waals surface area (Å²) in [6.07, 6.45) is 0. The van der Waals surface area contributed by atoms with Gasteiger partial charge in [-0.1, -0.05) is 20.8 Å². The predicted octanol–water partition coefficient (Wildman–Crippen LogP) is 1.32. The largest absolute Gasteiger partial charge is 0.481 e. The molecule has 3 nitrogen and oxygen atoms in total. The highest BCUT2D eigenvalue weighted by molar-refractivity contribution is 6.00. The van der Waals surface area contributed by atoms with Crippen LogP contribution >= 0.6 is 0 Å². The van der Waals surface area contributed by atoms with Gasteiger partial charge in [0.25, 0.3) is 0 Å². The Kier molecular flexibility index (Phi) is 2.79. The van der Waals surface area contributed by atoms with E-state index in [0.717, 1.165) is 0 Å². The number of aliphatic carboxylic acids is 1. The van der Waals surface area contributed by atoms with Crippen molar-refractivity contribution in [3.05, 3.63) is 0 Å². The third kappa shape index (κ3) is 2.70. The van der Waals surface area contributed by atoms with Crippen LogP contribution in [-0.4, -0.2) is 16.9 Å². The van der Waals surface area contributed by atoms with Gasteiger partial charge in [0.05, 0.1) is 0 Å². The highest BCUT2D eigenvalue weighted by Gasteiger charge is 2.30. The Labute approximate surface area is 66.4 Å². The summed E-state index contributed by atoms with van der Waals surface area (Å²) in [7, 11) is 0. The summed E-state index contributed by atoms with van der Waals surface area (Å²) < 4.78 is 0. The number of hydrogen-bond donors (Lipinski definition) is 1. The molecule has 3 heteroatoms. The molecule has 11 heavy (non-hydrogen) atoms. The third-order valence-electron chi connectivity index (χ3n) is 1.50. The lowest BCUT2D eigenvalue weighted by molar-refractivity contribution is -0.148. The molecule has 0 aliphatic rings.